The Bertz CT molecular complexity index is 1860. The van der Waals surface area contributed by atoms with Crippen LogP contribution in [0.4, 0.5) is 19.3 Å². The van der Waals surface area contributed by atoms with Gasteiger partial charge in [0.25, 0.3) is 0 Å². The van der Waals surface area contributed by atoms with E-state index in [1.807, 2.05) is 36.4 Å². The van der Waals surface area contributed by atoms with Crippen molar-refractivity contribution < 1.29 is 27.8 Å². The molecule has 0 radical (unpaired) electrons. The van der Waals surface area contributed by atoms with Gasteiger partial charge in [0.1, 0.15) is 18.2 Å². The first kappa shape index (κ1) is 34.6. The largest absolute Gasteiger partial charge is 0.448 e. The van der Waals surface area contributed by atoms with E-state index in [2.05, 4.69) is 25.9 Å². The number of aromatic nitrogens is 2. The van der Waals surface area contributed by atoms with Crippen molar-refractivity contribution in [1.29, 1.82) is 0 Å². The van der Waals surface area contributed by atoms with Crippen molar-refractivity contribution in [3.05, 3.63) is 138 Å². The van der Waals surface area contributed by atoms with Gasteiger partial charge in [0, 0.05) is 30.2 Å². The van der Waals surface area contributed by atoms with Gasteiger partial charge in [-0.2, -0.15) is 0 Å². The number of hydrogen-bond acceptors (Lipinski definition) is 8. The van der Waals surface area contributed by atoms with Gasteiger partial charge >= 0.3 is 6.09 Å². The van der Waals surface area contributed by atoms with E-state index < -0.39 is 35.6 Å². The zero-order valence-corrected chi connectivity index (χ0v) is 27.2. The maximum Gasteiger partial charge on any atom is 0.407 e. The second-order valence-corrected chi connectivity index (χ2v) is 12.2. The number of nitrogens with zero attached hydrogens (tertiary/aromatic N) is 2. The Kier molecular flexibility index (Phi) is 11.3. The van der Waals surface area contributed by atoms with Crippen LogP contribution in [-0.2, 0) is 27.2 Å². The molecule has 0 unspecified atom stereocenters. The summed E-state index contributed by atoms with van der Waals surface area (Å²) in [6, 6.07) is 21.9. The molecular formula is C38H38F2N6O4. The third-order valence-electron chi connectivity index (χ3n) is 8.71. The summed E-state index contributed by atoms with van der Waals surface area (Å²) in [6.07, 6.45) is 5.62. The first-order valence-electron chi connectivity index (χ1n) is 16.4. The first-order valence-corrected chi connectivity index (χ1v) is 16.4. The van der Waals surface area contributed by atoms with E-state index in [0.717, 1.165) is 22.0 Å². The number of benzene rings is 3. The minimum Gasteiger partial charge on any atom is -0.448 e. The molecule has 2 amide bonds. The molecule has 1 aliphatic rings. The number of rotatable bonds is 12. The second-order valence-electron chi connectivity index (χ2n) is 12.2. The highest BCUT2D eigenvalue weighted by molar-refractivity contribution is 5.96. The number of halogens is 2. The number of morpholine rings is 1. The summed E-state index contributed by atoms with van der Waals surface area (Å²) in [5, 5.41) is 11.1. The molecule has 0 aliphatic carbocycles. The summed E-state index contributed by atoms with van der Waals surface area (Å²) in [6.45, 7) is 1.34. The third kappa shape index (κ3) is 9.03. The molecule has 6 rings (SSSR count). The fourth-order valence-corrected chi connectivity index (χ4v) is 5.96. The average Bonchev–Trinajstić information content (AvgIpc) is 3.14. The van der Waals surface area contributed by atoms with E-state index in [1.165, 1.54) is 24.3 Å². The fraction of sp³-hybridized carbons (Fsp3) is 0.263. The van der Waals surface area contributed by atoms with Crippen molar-refractivity contribution in [2.24, 2.45) is 5.73 Å². The van der Waals surface area contributed by atoms with Crippen LogP contribution < -0.4 is 21.7 Å². The van der Waals surface area contributed by atoms with Crippen LogP contribution in [0.3, 0.4) is 0 Å². The SMILES string of the molecule is N[C@H](C(=O)Nc1cnccc1CC[C@@H]1CN[C@H](COC(=O)NCc2cc3ccccc3cn2)CO1)C(c1ccc(F)cc1)c1ccc(F)cc1. The standard InChI is InChI=1S/C38H38F2N6O4/c39-29-10-5-25(6-11-29)35(26-7-12-30(40)13-8-26)36(41)37(47)46-34-21-42-16-15-24(34)9-14-33-20-44-32(22-49-33)23-50-38(48)45-19-31-17-27-3-1-2-4-28(27)18-43-31/h1-8,10-13,15-18,21,32-33,35-36,44H,9,14,19-20,22-23,41H2,(H,45,48)(H,46,47)/t32-,33+,36-/m0/s1. The van der Waals surface area contributed by atoms with Crippen LogP contribution in [-0.4, -0.2) is 59.9 Å². The molecule has 1 aliphatic heterocycles. The lowest BCUT2D eigenvalue weighted by molar-refractivity contribution is -0.117. The van der Waals surface area contributed by atoms with Gasteiger partial charge in [-0.3, -0.25) is 14.8 Å². The molecule has 2 aromatic heterocycles. The van der Waals surface area contributed by atoms with E-state index in [0.29, 0.717) is 42.8 Å². The predicted octanol–water partition coefficient (Wildman–Crippen LogP) is 5.22. The summed E-state index contributed by atoms with van der Waals surface area (Å²) in [7, 11) is 0. The molecule has 1 fully saturated rings. The molecule has 12 heteroatoms. The quantitative estimate of drug-likeness (QED) is 0.141. The normalized spacial score (nSPS) is 16.6. The lowest BCUT2D eigenvalue weighted by atomic mass is 9.85. The number of nitrogens with one attached hydrogen (secondary N) is 3. The van der Waals surface area contributed by atoms with Crippen molar-refractivity contribution in [2.45, 2.75) is 43.5 Å². The molecule has 50 heavy (non-hydrogen) atoms. The molecule has 1 saturated heterocycles. The Balaban J connectivity index is 0.970. The monoisotopic (exact) mass is 680 g/mol. The number of carbonyl (C=O) groups excluding carboxylic acids is 2. The molecule has 3 aromatic carbocycles. The predicted molar refractivity (Wildman–Crippen MR) is 185 cm³/mol. The molecule has 3 atom stereocenters. The Morgan fingerprint density at radius 1 is 0.960 bits per heavy atom. The van der Waals surface area contributed by atoms with Gasteiger partial charge in [-0.25, -0.2) is 13.6 Å². The molecule has 5 N–H and O–H groups in total. The number of ether oxygens (including phenoxy) is 2. The van der Waals surface area contributed by atoms with Gasteiger partial charge in [0.05, 0.1) is 48.9 Å². The van der Waals surface area contributed by atoms with E-state index in [4.69, 9.17) is 15.2 Å². The van der Waals surface area contributed by atoms with Gasteiger partial charge in [-0.1, -0.05) is 48.5 Å². The minimum atomic E-state index is -1.07. The summed E-state index contributed by atoms with van der Waals surface area (Å²) >= 11 is 0. The van der Waals surface area contributed by atoms with Gasteiger partial charge in [-0.05, 0) is 71.3 Å². The number of amides is 2. The number of pyridine rings is 2. The highest BCUT2D eigenvalue weighted by Gasteiger charge is 2.29. The van der Waals surface area contributed by atoms with E-state index >= 15 is 0 Å². The number of carbonyl (C=O) groups is 2. The molecule has 10 nitrogen and oxygen atoms in total. The van der Waals surface area contributed by atoms with E-state index in [-0.39, 0.29) is 25.3 Å². The molecule has 0 saturated carbocycles. The number of fused-ring (bicyclic) bond motifs is 1. The Labute approximate surface area is 288 Å². The Morgan fingerprint density at radius 3 is 2.34 bits per heavy atom. The maximum atomic E-state index is 13.7. The molecule has 5 aromatic rings. The number of nitrogens with two attached hydrogens (primary N) is 1. The molecular weight excluding hydrogens is 642 g/mol. The van der Waals surface area contributed by atoms with Crippen LogP contribution in [0.15, 0.2) is 104 Å². The minimum absolute atomic E-state index is 0.0978. The summed E-state index contributed by atoms with van der Waals surface area (Å²) in [5.74, 6) is -1.95. The van der Waals surface area contributed by atoms with Crippen molar-refractivity contribution in [2.75, 3.05) is 25.1 Å². The van der Waals surface area contributed by atoms with Crippen LogP contribution in [0.25, 0.3) is 10.8 Å². The zero-order valence-electron chi connectivity index (χ0n) is 27.2. The highest BCUT2D eigenvalue weighted by Crippen LogP contribution is 2.29. The van der Waals surface area contributed by atoms with Crippen LogP contribution >= 0.6 is 0 Å². The van der Waals surface area contributed by atoms with E-state index in [1.54, 1.807) is 42.9 Å². The topological polar surface area (TPSA) is 140 Å². The Hall–Kier alpha value is -5.30. The lowest BCUT2D eigenvalue weighted by Gasteiger charge is -2.30. The molecule has 0 bridgehead atoms. The summed E-state index contributed by atoms with van der Waals surface area (Å²) < 4.78 is 38.8. The zero-order chi connectivity index (χ0) is 34.9. The molecule has 3 heterocycles. The van der Waals surface area contributed by atoms with Gasteiger partial charge in [0.2, 0.25) is 5.91 Å². The van der Waals surface area contributed by atoms with Crippen LogP contribution in [0.5, 0.6) is 0 Å². The molecule has 258 valence electrons. The van der Waals surface area contributed by atoms with Crippen molar-refractivity contribution in [3.8, 4) is 0 Å². The van der Waals surface area contributed by atoms with Crippen molar-refractivity contribution in [3.63, 3.8) is 0 Å². The number of aryl methyl sites for hydroxylation is 1. The maximum absolute atomic E-state index is 13.7. The second kappa shape index (κ2) is 16.4. The summed E-state index contributed by atoms with van der Waals surface area (Å²) in [5.41, 5.74) is 9.88. The number of hydrogen-bond donors (Lipinski definition) is 4. The van der Waals surface area contributed by atoms with Gasteiger partial charge in [-0.15, -0.1) is 0 Å². The van der Waals surface area contributed by atoms with Gasteiger partial charge in [0.15, 0.2) is 0 Å². The third-order valence-corrected chi connectivity index (χ3v) is 8.71. The van der Waals surface area contributed by atoms with Gasteiger partial charge < -0.3 is 31.2 Å². The molecule has 0 spiro atoms. The van der Waals surface area contributed by atoms with Crippen molar-refractivity contribution in [1.82, 2.24) is 20.6 Å². The van der Waals surface area contributed by atoms with E-state index in [9.17, 15) is 18.4 Å². The average molecular weight is 681 g/mol. The first-order chi connectivity index (χ1) is 24.3. The van der Waals surface area contributed by atoms with Crippen molar-refractivity contribution >= 4 is 28.5 Å². The number of alkyl carbamates (subject to hydrolysis) is 1. The summed E-state index contributed by atoms with van der Waals surface area (Å²) in [4.78, 5) is 34.4. The lowest BCUT2D eigenvalue weighted by Crippen LogP contribution is -2.49. The smallest absolute Gasteiger partial charge is 0.407 e. The fourth-order valence-electron chi connectivity index (χ4n) is 5.96. The van der Waals surface area contributed by atoms with Crippen LogP contribution in [0.2, 0.25) is 0 Å². The number of anilines is 1. The van der Waals surface area contributed by atoms with Crippen LogP contribution in [0, 0.1) is 11.6 Å². The Morgan fingerprint density at radius 2 is 1.66 bits per heavy atom. The highest BCUT2D eigenvalue weighted by atomic mass is 19.1. The van der Waals surface area contributed by atoms with Crippen LogP contribution in [0.1, 0.15) is 34.7 Å².